The molecular formula is C14H21FN2O. The Morgan fingerprint density at radius 1 is 1.39 bits per heavy atom. The molecule has 18 heavy (non-hydrogen) atoms. The predicted octanol–water partition coefficient (Wildman–Crippen LogP) is 2.03. The maximum atomic E-state index is 13.4. The number of rotatable bonds is 6. The number of carbonyl (C=O) groups is 1. The molecule has 0 saturated carbocycles. The molecule has 1 amide bonds. The van der Waals surface area contributed by atoms with E-state index < -0.39 is 0 Å². The van der Waals surface area contributed by atoms with E-state index in [9.17, 15) is 9.18 Å². The molecule has 3 nitrogen and oxygen atoms in total. The van der Waals surface area contributed by atoms with E-state index in [-0.39, 0.29) is 18.3 Å². The van der Waals surface area contributed by atoms with Gasteiger partial charge in [0, 0.05) is 18.7 Å². The van der Waals surface area contributed by atoms with E-state index >= 15 is 0 Å². The van der Waals surface area contributed by atoms with E-state index in [4.69, 9.17) is 0 Å². The Morgan fingerprint density at radius 3 is 2.67 bits per heavy atom. The van der Waals surface area contributed by atoms with Gasteiger partial charge < -0.3 is 5.32 Å². The molecule has 1 N–H and O–H groups in total. The lowest BCUT2D eigenvalue weighted by molar-refractivity contribution is -0.122. The first-order valence-corrected chi connectivity index (χ1v) is 6.17. The van der Waals surface area contributed by atoms with Crippen LogP contribution in [0, 0.1) is 11.7 Å². The van der Waals surface area contributed by atoms with Crippen LogP contribution in [0.15, 0.2) is 24.3 Å². The second-order valence-electron chi connectivity index (χ2n) is 4.96. The third-order valence-corrected chi connectivity index (χ3v) is 2.52. The van der Waals surface area contributed by atoms with Crippen molar-refractivity contribution in [2.75, 3.05) is 20.1 Å². The summed E-state index contributed by atoms with van der Waals surface area (Å²) >= 11 is 0. The van der Waals surface area contributed by atoms with Crippen molar-refractivity contribution in [1.29, 1.82) is 0 Å². The van der Waals surface area contributed by atoms with Crippen LogP contribution < -0.4 is 5.32 Å². The van der Waals surface area contributed by atoms with E-state index in [0.717, 1.165) is 0 Å². The van der Waals surface area contributed by atoms with Crippen molar-refractivity contribution in [2.24, 2.45) is 5.92 Å². The number of carbonyl (C=O) groups excluding carboxylic acids is 1. The van der Waals surface area contributed by atoms with Crippen LogP contribution in [0.5, 0.6) is 0 Å². The Kier molecular flexibility index (Phi) is 5.78. The van der Waals surface area contributed by atoms with Crippen molar-refractivity contribution >= 4 is 5.91 Å². The smallest absolute Gasteiger partial charge is 0.234 e. The molecule has 0 radical (unpaired) electrons. The lowest BCUT2D eigenvalue weighted by atomic mass is 10.2. The van der Waals surface area contributed by atoms with Gasteiger partial charge in [0.25, 0.3) is 0 Å². The van der Waals surface area contributed by atoms with Gasteiger partial charge in [-0.25, -0.2) is 4.39 Å². The maximum Gasteiger partial charge on any atom is 0.234 e. The first-order chi connectivity index (χ1) is 8.49. The third-order valence-electron chi connectivity index (χ3n) is 2.52. The van der Waals surface area contributed by atoms with Gasteiger partial charge in [0.05, 0.1) is 6.54 Å². The van der Waals surface area contributed by atoms with Crippen molar-refractivity contribution in [3.8, 4) is 0 Å². The maximum absolute atomic E-state index is 13.4. The molecule has 0 bridgehead atoms. The molecule has 0 unspecified atom stereocenters. The van der Waals surface area contributed by atoms with Crippen LogP contribution in [0.25, 0.3) is 0 Å². The number of hydrogen-bond donors (Lipinski definition) is 1. The SMILES string of the molecule is CC(C)CNC(=O)CN(C)Cc1ccccc1F. The van der Waals surface area contributed by atoms with Crippen molar-refractivity contribution < 1.29 is 9.18 Å². The van der Waals surface area contributed by atoms with Crippen LogP contribution in [0.2, 0.25) is 0 Å². The molecule has 4 heteroatoms. The largest absolute Gasteiger partial charge is 0.355 e. The summed E-state index contributed by atoms with van der Waals surface area (Å²) in [4.78, 5) is 13.4. The molecule has 0 aliphatic rings. The minimum Gasteiger partial charge on any atom is -0.355 e. The minimum absolute atomic E-state index is 0.0254. The Bertz CT molecular complexity index is 393. The van der Waals surface area contributed by atoms with Gasteiger partial charge in [-0.2, -0.15) is 0 Å². The van der Waals surface area contributed by atoms with Gasteiger partial charge in [-0.05, 0) is 19.0 Å². The van der Waals surface area contributed by atoms with Crippen molar-refractivity contribution in [3.05, 3.63) is 35.6 Å². The topological polar surface area (TPSA) is 32.3 Å². The molecule has 1 aromatic carbocycles. The van der Waals surface area contributed by atoms with Crippen LogP contribution in [-0.4, -0.2) is 30.9 Å². The Hall–Kier alpha value is -1.42. The van der Waals surface area contributed by atoms with Gasteiger partial charge in [-0.15, -0.1) is 0 Å². The quantitative estimate of drug-likeness (QED) is 0.840. The highest BCUT2D eigenvalue weighted by atomic mass is 19.1. The van der Waals surface area contributed by atoms with E-state index in [0.29, 0.717) is 24.6 Å². The van der Waals surface area contributed by atoms with Crippen molar-refractivity contribution in [1.82, 2.24) is 10.2 Å². The monoisotopic (exact) mass is 252 g/mol. The van der Waals surface area contributed by atoms with Crippen LogP contribution in [0.3, 0.4) is 0 Å². The molecule has 0 spiro atoms. The zero-order valence-corrected chi connectivity index (χ0v) is 11.2. The van der Waals surface area contributed by atoms with Gasteiger partial charge in [0.15, 0.2) is 0 Å². The lowest BCUT2D eigenvalue weighted by Gasteiger charge is -2.17. The average molecular weight is 252 g/mol. The minimum atomic E-state index is -0.230. The Morgan fingerprint density at radius 2 is 2.06 bits per heavy atom. The first-order valence-electron chi connectivity index (χ1n) is 6.17. The molecule has 1 rings (SSSR count). The van der Waals surface area contributed by atoms with E-state index in [1.165, 1.54) is 6.07 Å². The third kappa shape index (κ3) is 5.27. The van der Waals surface area contributed by atoms with E-state index in [1.54, 1.807) is 30.1 Å². The van der Waals surface area contributed by atoms with Crippen molar-refractivity contribution in [2.45, 2.75) is 20.4 Å². The molecule has 0 aliphatic heterocycles. The van der Waals surface area contributed by atoms with Crippen molar-refractivity contribution in [3.63, 3.8) is 0 Å². The summed E-state index contributed by atoms with van der Waals surface area (Å²) in [6.07, 6.45) is 0. The zero-order valence-electron chi connectivity index (χ0n) is 11.2. The fraction of sp³-hybridized carbons (Fsp3) is 0.500. The fourth-order valence-electron chi connectivity index (χ4n) is 1.59. The van der Waals surface area contributed by atoms with Crippen LogP contribution in [0.4, 0.5) is 4.39 Å². The number of amides is 1. The highest BCUT2D eigenvalue weighted by Crippen LogP contribution is 2.08. The number of nitrogens with one attached hydrogen (secondary N) is 1. The number of benzene rings is 1. The number of halogens is 1. The lowest BCUT2D eigenvalue weighted by Crippen LogP contribution is -2.36. The van der Waals surface area contributed by atoms with Crippen LogP contribution in [-0.2, 0) is 11.3 Å². The normalized spacial score (nSPS) is 11.0. The van der Waals surface area contributed by atoms with E-state index in [2.05, 4.69) is 5.32 Å². The van der Waals surface area contributed by atoms with Gasteiger partial charge in [-0.1, -0.05) is 32.0 Å². The molecule has 0 aliphatic carbocycles. The molecular weight excluding hydrogens is 231 g/mol. The summed E-state index contributed by atoms with van der Waals surface area (Å²) in [5.74, 6) is 0.181. The Labute approximate surface area is 108 Å². The standard InChI is InChI=1S/C14H21FN2O/c1-11(2)8-16-14(18)10-17(3)9-12-6-4-5-7-13(12)15/h4-7,11H,8-10H2,1-3H3,(H,16,18). The molecule has 0 heterocycles. The molecule has 0 atom stereocenters. The molecule has 0 aromatic heterocycles. The number of nitrogens with zero attached hydrogens (tertiary/aromatic N) is 1. The molecule has 1 aromatic rings. The van der Waals surface area contributed by atoms with Gasteiger partial charge in [0.2, 0.25) is 5.91 Å². The average Bonchev–Trinajstić information content (AvgIpc) is 2.29. The Balaban J connectivity index is 2.40. The highest BCUT2D eigenvalue weighted by Gasteiger charge is 2.09. The zero-order chi connectivity index (χ0) is 13.5. The molecule has 0 fully saturated rings. The first kappa shape index (κ1) is 14.6. The van der Waals surface area contributed by atoms with Crippen LogP contribution >= 0.6 is 0 Å². The summed E-state index contributed by atoms with van der Waals surface area (Å²) in [7, 11) is 1.81. The van der Waals surface area contributed by atoms with Gasteiger partial charge >= 0.3 is 0 Å². The molecule has 0 saturated heterocycles. The molecule has 100 valence electrons. The summed E-state index contributed by atoms with van der Waals surface area (Å²) in [6, 6.07) is 6.62. The second-order valence-corrected chi connectivity index (χ2v) is 4.96. The number of hydrogen-bond acceptors (Lipinski definition) is 2. The van der Waals surface area contributed by atoms with Gasteiger partial charge in [-0.3, -0.25) is 9.69 Å². The second kappa shape index (κ2) is 7.11. The highest BCUT2D eigenvalue weighted by molar-refractivity contribution is 5.77. The predicted molar refractivity (Wildman–Crippen MR) is 70.6 cm³/mol. The summed E-state index contributed by atoms with van der Waals surface area (Å²) in [5, 5.41) is 2.84. The summed E-state index contributed by atoms with van der Waals surface area (Å²) in [5.41, 5.74) is 0.608. The summed E-state index contributed by atoms with van der Waals surface area (Å²) < 4.78 is 13.4. The van der Waals surface area contributed by atoms with Gasteiger partial charge in [0.1, 0.15) is 5.82 Å². The summed E-state index contributed by atoms with van der Waals surface area (Å²) in [6.45, 7) is 5.47. The fourth-order valence-corrected chi connectivity index (χ4v) is 1.59. The van der Waals surface area contributed by atoms with E-state index in [1.807, 2.05) is 13.8 Å². The number of likely N-dealkylation sites (N-methyl/N-ethyl adjacent to an activating group) is 1. The van der Waals surface area contributed by atoms with Crippen LogP contribution in [0.1, 0.15) is 19.4 Å².